The summed E-state index contributed by atoms with van der Waals surface area (Å²) in [5, 5.41) is 4.92. The number of fused-ring (bicyclic) bond motifs is 6. The number of para-hydroxylation sites is 6. The van der Waals surface area contributed by atoms with Crippen LogP contribution in [0.4, 0.5) is 17.1 Å². The molecule has 3 heteroatoms. The highest BCUT2D eigenvalue weighted by atomic mass is 15.2. The second kappa shape index (κ2) is 11.9. The molecule has 0 saturated heterocycles. The molecule has 0 unspecified atom stereocenters. The van der Waals surface area contributed by atoms with Crippen molar-refractivity contribution < 1.29 is 0 Å². The Morgan fingerprint density at radius 2 is 0.843 bits per heavy atom. The largest absolute Gasteiger partial charge is 0.309 e. The van der Waals surface area contributed by atoms with Gasteiger partial charge in [0, 0.05) is 44.2 Å². The van der Waals surface area contributed by atoms with Crippen LogP contribution in [-0.4, -0.2) is 9.13 Å². The van der Waals surface area contributed by atoms with E-state index in [1.54, 1.807) is 0 Å². The van der Waals surface area contributed by atoms with E-state index < -0.39 is 0 Å². The van der Waals surface area contributed by atoms with E-state index in [2.05, 4.69) is 214 Å². The van der Waals surface area contributed by atoms with Gasteiger partial charge in [0.25, 0.3) is 0 Å². The number of aromatic nitrogens is 2. The van der Waals surface area contributed by atoms with Gasteiger partial charge in [0.15, 0.2) is 0 Å². The molecule has 2 heterocycles. The summed E-state index contributed by atoms with van der Waals surface area (Å²) in [5.41, 5.74) is 12.6. The van der Waals surface area contributed by atoms with Crippen LogP contribution in [0.2, 0.25) is 0 Å². The summed E-state index contributed by atoms with van der Waals surface area (Å²) < 4.78 is 4.83. The fourth-order valence-electron chi connectivity index (χ4n) is 7.92. The van der Waals surface area contributed by atoms with E-state index in [-0.39, 0.29) is 0 Å². The van der Waals surface area contributed by atoms with Crippen molar-refractivity contribution in [1.82, 2.24) is 9.13 Å². The topological polar surface area (TPSA) is 13.1 Å². The molecule has 3 nitrogen and oxygen atoms in total. The second-order valence-electron chi connectivity index (χ2n) is 13.0. The van der Waals surface area contributed by atoms with Crippen molar-refractivity contribution in [2.45, 2.75) is 0 Å². The van der Waals surface area contributed by atoms with Gasteiger partial charge in [-0.1, -0.05) is 140 Å². The van der Waals surface area contributed by atoms with Gasteiger partial charge in [-0.25, -0.2) is 0 Å². The minimum Gasteiger partial charge on any atom is -0.309 e. The van der Waals surface area contributed by atoms with E-state index in [0.717, 1.165) is 39.5 Å². The average molecular weight is 652 g/mol. The molecule has 0 N–H and O–H groups in total. The van der Waals surface area contributed by atoms with E-state index >= 15 is 0 Å². The van der Waals surface area contributed by atoms with Crippen molar-refractivity contribution in [1.29, 1.82) is 0 Å². The third kappa shape index (κ3) is 4.67. The second-order valence-corrected chi connectivity index (χ2v) is 13.0. The van der Waals surface area contributed by atoms with E-state index in [9.17, 15) is 0 Å². The van der Waals surface area contributed by atoms with Gasteiger partial charge in [-0.05, 0) is 66.2 Å². The van der Waals surface area contributed by atoms with Crippen molar-refractivity contribution in [2.75, 3.05) is 4.90 Å². The Hall–Kier alpha value is -6.84. The molecule has 0 aliphatic heterocycles. The van der Waals surface area contributed by atoms with Crippen molar-refractivity contribution in [3.63, 3.8) is 0 Å². The summed E-state index contributed by atoms with van der Waals surface area (Å²) in [7, 11) is 0. The summed E-state index contributed by atoms with van der Waals surface area (Å²) in [6.07, 6.45) is 0. The van der Waals surface area contributed by atoms with E-state index in [1.165, 1.54) is 43.7 Å². The number of anilines is 3. The minimum atomic E-state index is 1.09. The maximum Gasteiger partial charge on any atom is 0.0782 e. The van der Waals surface area contributed by atoms with Gasteiger partial charge in [-0.2, -0.15) is 0 Å². The molecule has 0 aliphatic rings. The standard InChI is InChI=1S/C48H33N3/c1-4-17-34(18-5-1)38-23-10-13-27-43(38)50(37-31-32-41-39-24-11-14-28-44(39)49(47(41)33-37)35-19-6-2-7-20-35)46-30-16-26-42-40-25-12-15-29-45(40)51(48(42)46)36-21-8-3-9-22-36/h1-33H. The van der Waals surface area contributed by atoms with Crippen LogP contribution in [-0.2, 0) is 0 Å². The SMILES string of the molecule is c1ccc(-c2ccccc2N(c2ccc3c4ccccc4n(-c4ccccc4)c3c2)c2cccc3c4ccccc4n(-c4ccccc4)c23)cc1. The lowest BCUT2D eigenvalue weighted by atomic mass is 10.0. The van der Waals surface area contributed by atoms with Gasteiger partial charge < -0.3 is 14.0 Å². The molecule has 8 aromatic carbocycles. The molecule has 10 aromatic rings. The number of rotatable bonds is 6. The third-order valence-corrected chi connectivity index (χ3v) is 10.1. The highest BCUT2D eigenvalue weighted by molar-refractivity contribution is 6.15. The Labute approximate surface area is 296 Å². The zero-order valence-electron chi connectivity index (χ0n) is 27.9. The third-order valence-electron chi connectivity index (χ3n) is 10.1. The number of hydrogen-bond donors (Lipinski definition) is 0. The summed E-state index contributed by atoms with van der Waals surface area (Å²) >= 11 is 0. The zero-order valence-corrected chi connectivity index (χ0v) is 27.9. The predicted molar refractivity (Wildman–Crippen MR) is 215 cm³/mol. The summed E-state index contributed by atoms with van der Waals surface area (Å²) in [5.74, 6) is 0. The molecular formula is C48H33N3. The molecule has 51 heavy (non-hydrogen) atoms. The molecule has 0 spiro atoms. The van der Waals surface area contributed by atoms with Crippen LogP contribution in [0.5, 0.6) is 0 Å². The van der Waals surface area contributed by atoms with Crippen molar-refractivity contribution in [3.8, 4) is 22.5 Å². The summed E-state index contributed by atoms with van der Waals surface area (Å²) in [6, 6.07) is 72.2. The van der Waals surface area contributed by atoms with E-state index in [0.29, 0.717) is 0 Å². The van der Waals surface area contributed by atoms with Crippen molar-refractivity contribution >= 4 is 60.7 Å². The van der Waals surface area contributed by atoms with Crippen LogP contribution in [0.15, 0.2) is 200 Å². The number of hydrogen-bond acceptors (Lipinski definition) is 1. The Morgan fingerprint density at radius 1 is 0.333 bits per heavy atom. The molecule has 240 valence electrons. The first-order valence-electron chi connectivity index (χ1n) is 17.5. The van der Waals surface area contributed by atoms with Crippen LogP contribution in [0.25, 0.3) is 66.1 Å². The lowest BCUT2D eigenvalue weighted by molar-refractivity contribution is 1.16. The quantitative estimate of drug-likeness (QED) is 0.174. The molecule has 0 aliphatic carbocycles. The molecule has 0 amide bonds. The Bertz CT molecular complexity index is 2850. The minimum absolute atomic E-state index is 1.09. The summed E-state index contributed by atoms with van der Waals surface area (Å²) in [6.45, 7) is 0. The lowest BCUT2D eigenvalue weighted by Crippen LogP contribution is -2.13. The number of benzene rings is 8. The molecular weight excluding hydrogens is 619 g/mol. The fourth-order valence-corrected chi connectivity index (χ4v) is 7.92. The molecule has 0 atom stereocenters. The predicted octanol–water partition coefficient (Wildman–Crippen LogP) is 13.0. The van der Waals surface area contributed by atoms with Gasteiger partial charge in [0.2, 0.25) is 0 Å². The molecule has 0 saturated carbocycles. The molecule has 0 radical (unpaired) electrons. The van der Waals surface area contributed by atoms with Crippen molar-refractivity contribution in [2.24, 2.45) is 0 Å². The first-order valence-corrected chi connectivity index (χ1v) is 17.5. The van der Waals surface area contributed by atoms with Crippen LogP contribution < -0.4 is 4.90 Å². The normalized spacial score (nSPS) is 11.5. The maximum absolute atomic E-state index is 2.47. The van der Waals surface area contributed by atoms with Gasteiger partial charge in [0.05, 0.1) is 33.4 Å². The lowest BCUT2D eigenvalue weighted by Gasteiger charge is -2.29. The summed E-state index contributed by atoms with van der Waals surface area (Å²) in [4.78, 5) is 2.47. The smallest absolute Gasteiger partial charge is 0.0782 e. The van der Waals surface area contributed by atoms with Gasteiger partial charge in [-0.3, -0.25) is 0 Å². The Morgan fingerprint density at radius 3 is 1.57 bits per heavy atom. The van der Waals surface area contributed by atoms with Gasteiger partial charge >= 0.3 is 0 Å². The Balaban J connectivity index is 1.33. The van der Waals surface area contributed by atoms with Crippen LogP contribution >= 0.6 is 0 Å². The van der Waals surface area contributed by atoms with E-state index in [1.807, 2.05) is 0 Å². The highest BCUT2D eigenvalue weighted by Crippen LogP contribution is 2.47. The fraction of sp³-hybridized carbons (Fsp3) is 0. The molecule has 0 fully saturated rings. The monoisotopic (exact) mass is 651 g/mol. The maximum atomic E-state index is 2.47. The van der Waals surface area contributed by atoms with Crippen LogP contribution in [0.1, 0.15) is 0 Å². The van der Waals surface area contributed by atoms with Crippen molar-refractivity contribution in [3.05, 3.63) is 200 Å². The highest BCUT2D eigenvalue weighted by Gasteiger charge is 2.24. The molecule has 0 bridgehead atoms. The zero-order chi connectivity index (χ0) is 33.7. The van der Waals surface area contributed by atoms with Crippen LogP contribution in [0, 0.1) is 0 Å². The average Bonchev–Trinajstić information content (AvgIpc) is 3.72. The first-order chi connectivity index (χ1) is 25.3. The number of nitrogens with zero attached hydrogens (tertiary/aromatic N) is 3. The molecule has 2 aromatic heterocycles. The van der Waals surface area contributed by atoms with Gasteiger partial charge in [0.1, 0.15) is 0 Å². The molecule has 10 rings (SSSR count). The van der Waals surface area contributed by atoms with Gasteiger partial charge in [-0.15, -0.1) is 0 Å². The van der Waals surface area contributed by atoms with E-state index in [4.69, 9.17) is 0 Å². The van der Waals surface area contributed by atoms with Crippen LogP contribution in [0.3, 0.4) is 0 Å². The first kappa shape index (κ1) is 29.1. The Kier molecular flexibility index (Phi) is 6.81.